The third kappa shape index (κ3) is 6.30. The number of benzene rings is 2. The molecule has 4 fully saturated rings. The fraction of sp³-hybridized carbons (Fsp3) is 0.625. The highest BCUT2D eigenvalue weighted by Crippen LogP contribution is 2.45. The lowest BCUT2D eigenvalue weighted by atomic mass is 9.82. The summed E-state index contributed by atoms with van der Waals surface area (Å²) in [5.41, 5.74) is 1.68. The van der Waals surface area contributed by atoms with E-state index in [2.05, 4.69) is 31.2 Å². The molecule has 8 heteroatoms. The van der Waals surface area contributed by atoms with E-state index in [1.54, 1.807) is 0 Å². The Morgan fingerprint density at radius 2 is 1.50 bits per heavy atom. The second-order valence-corrected chi connectivity index (χ2v) is 11.9. The molecule has 8 nitrogen and oxygen atoms in total. The Labute approximate surface area is 236 Å². The Hall–Kier alpha value is -1.88. The highest BCUT2D eigenvalue weighted by atomic mass is 16.6. The van der Waals surface area contributed by atoms with Crippen molar-refractivity contribution in [1.82, 2.24) is 0 Å². The first kappa shape index (κ1) is 28.2. The summed E-state index contributed by atoms with van der Waals surface area (Å²) in [5.74, 6) is 0. The molecule has 4 aliphatic rings. The molecule has 2 aromatic rings. The first-order valence-electron chi connectivity index (χ1n) is 14.7. The predicted octanol–water partition coefficient (Wildman–Crippen LogP) is 3.55. The third-order valence-corrected chi connectivity index (χ3v) is 8.95. The molecule has 40 heavy (non-hydrogen) atoms. The standard InChI is InChI=1S/C32H42O8/c1-32-16-28-26(14-23(34)29(17-33)38-28)39-31(32)13-12-24-27(40-32)15-25(36-19-22-10-6-3-7-11-22)30(37-24)20-35-18-21-8-4-2-5-9-21/h2-11,23-31,33-34H,12-20H2,1H3/t23-,24+,25+,26+,27-,28-,29+,30-,31-,32-/m0/s1. The van der Waals surface area contributed by atoms with E-state index in [1.807, 2.05) is 36.4 Å². The number of aliphatic hydroxyl groups excluding tert-OH is 2. The van der Waals surface area contributed by atoms with Crippen molar-refractivity contribution in [3.63, 3.8) is 0 Å². The minimum absolute atomic E-state index is 0.0911. The monoisotopic (exact) mass is 554 g/mol. The summed E-state index contributed by atoms with van der Waals surface area (Å²) in [6.45, 7) is 3.35. The second-order valence-electron chi connectivity index (χ2n) is 11.9. The summed E-state index contributed by atoms with van der Waals surface area (Å²) in [4.78, 5) is 0. The Balaban J connectivity index is 1.15. The normalized spacial score (nSPS) is 39.4. The third-order valence-electron chi connectivity index (χ3n) is 8.95. The number of rotatable bonds is 8. The van der Waals surface area contributed by atoms with Gasteiger partial charge >= 0.3 is 0 Å². The van der Waals surface area contributed by atoms with Gasteiger partial charge in [-0.05, 0) is 30.9 Å². The molecular formula is C32H42O8. The molecule has 0 spiro atoms. The van der Waals surface area contributed by atoms with Gasteiger partial charge in [-0.1, -0.05) is 60.7 Å². The molecule has 0 bridgehead atoms. The molecule has 0 radical (unpaired) electrons. The zero-order valence-corrected chi connectivity index (χ0v) is 23.2. The van der Waals surface area contributed by atoms with E-state index in [-0.39, 0.29) is 49.3 Å². The van der Waals surface area contributed by atoms with Gasteiger partial charge in [-0.15, -0.1) is 0 Å². The topological polar surface area (TPSA) is 95.8 Å². The van der Waals surface area contributed by atoms with E-state index in [4.69, 9.17) is 28.4 Å². The van der Waals surface area contributed by atoms with Gasteiger partial charge in [-0.25, -0.2) is 0 Å². The molecule has 0 amide bonds. The van der Waals surface area contributed by atoms with Crippen molar-refractivity contribution in [2.45, 2.75) is 113 Å². The van der Waals surface area contributed by atoms with Gasteiger partial charge in [0, 0.05) is 19.3 Å². The van der Waals surface area contributed by atoms with Gasteiger partial charge in [0.25, 0.3) is 0 Å². The molecule has 2 aromatic carbocycles. The predicted molar refractivity (Wildman–Crippen MR) is 147 cm³/mol. The summed E-state index contributed by atoms with van der Waals surface area (Å²) in [5, 5.41) is 20.0. The summed E-state index contributed by atoms with van der Waals surface area (Å²) < 4.78 is 38.8. The molecule has 0 aromatic heterocycles. The number of aliphatic hydroxyl groups is 2. The Morgan fingerprint density at radius 3 is 2.23 bits per heavy atom. The van der Waals surface area contributed by atoms with Crippen LogP contribution in [0.2, 0.25) is 0 Å². The van der Waals surface area contributed by atoms with Gasteiger partial charge in [0.1, 0.15) is 12.2 Å². The van der Waals surface area contributed by atoms with E-state index < -0.39 is 17.8 Å². The lowest BCUT2D eigenvalue weighted by Crippen LogP contribution is -2.61. The fourth-order valence-corrected chi connectivity index (χ4v) is 6.75. The van der Waals surface area contributed by atoms with Gasteiger partial charge in [-0.2, -0.15) is 0 Å². The highest BCUT2D eigenvalue weighted by molar-refractivity contribution is 5.14. The van der Waals surface area contributed by atoms with Crippen LogP contribution in [0.1, 0.15) is 50.2 Å². The van der Waals surface area contributed by atoms with Crippen LogP contribution in [-0.4, -0.2) is 84.0 Å². The number of hydrogen-bond acceptors (Lipinski definition) is 8. The lowest BCUT2D eigenvalue weighted by molar-refractivity contribution is -0.294. The minimum Gasteiger partial charge on any atom is -0.394 e. The molecule has 0 unspecified atom stereocenters. The SMILES string of the molecule is C[C@]12C[C@@H]3O[C@H](CO)[C@@H](O)C[C@H]3O[C@H]1CC[C@H]1O[C@@H](COCc3ccccc3)[C@H](OCc3ccccc3)C[C@@H]1O2. The van der Waals surface area contributed by atoms with E-state index in [1.165, 1.54) is 0 Å². The molecule has 0 aliphatic carbocycles. The second kappa shape index (κ2) is 12.5. The average Bonchev–Trinajstić information content (AvgIpc) is 3.10. The molecule has 10 atom stereocenters. The molecule has 6 rings (SSSR count). The van der Waals surface area contributed by atoms with Crippen molar-refractivity contribution >= 4 is 0 Å². The van der Waals surface area contributed by atoms with Gasteiger partial charge in [0.15, 0.2) is 0 Å². The zero-order chi connectivity index (χ0) is 27.5. The summed E-state index contributed by atoms with van der Waals surface area (Å²) >= 11 is 0. The minimum atomic E-state index is -0.729. The zero-order valence-electron chi connectivity index (χ0n) is 23.2. The van der Waals surface area contributed by atoms with Crippen molar-refractivity contribution in [1.29, 1.82) is 0 Å². The summed E-state index contributed by atoms with van der Waals surface area (Å²) in [7, 11) is 0. The van der Waals surface area contributed by atoms with Crippen molar-refractivity contribution in [3.05, 3.63) is 71.8 Å². The van der Waals surface area contributed by atoms with Gasteiger partial charge in [0.05, 0.1) is 74.8 Å². The molecular weight excluding hydrogens is 512 g/mol. The maximum Gasteiger partial charge on any atom is 0.108 e. The van der Waals surface area contributed by atoms with Gasteiger partial charge < -0.3 is 38.6 Å². The van der Waals surface area contributed by atoms with Crippen molar-refractivity contribution < 1.29 is 38.6 Å². The van der Waals surface area contributed by atoms with Crippen LogP contribution in [0.15, 0.2) is 60.7 Å². The Morgan fingerprint density at radius 1 is 0.800 bits per heavy atom. The largest absolute Gasteiger partial charge is 0.394 e. The maximum atomic E-state index is 10.4. The molecule has 4 saturated heterocycles. The van der Waals surface area contributed by atoms with Gasteiger partial charge in [-0.3, -0.25) is 0 Å². The number of hydrogen-bond donors (Lipinski definition) is 2. The molecule has 218 valence electrons. The lowest BCUT2D eigenvalue weighted by Gasteiger charge is -2.51. The van der Waals surface area contributed by atoms with E-state index in [0.717, 1.165) is 24.0 Å². The van der Waals surface area contributed by atoms with Crippen molar-refractivity contribution in [2.24, 2.45) is 0 Å². The Kier molecular flexibility index (Phi) is 8.86. The van der Waals surface area contributed by atoms with Crippen LogP contribution in [0, 0.1) is 0 Å². The summed E-state index contributed by atoms with van der Waals surface area (Å²) in [6, 6.07) is 20.3. The smallest absolute Gasteiger partial charge is 0.108 e. The molecule has 4 aliphatic heterocycles. The molecule has 2 N–H and O–H groups in total. The number of ether oxygens (including phenoxy) is 6. The molecule has 4 heterocycles. The Bertz CT molecular complexity index is 1070. The van der Waals surface area contributed by atoms with Crippen LogP contribution in [0.25, 0.3) is 0 Å². The van der Waals surface area contributed by atoms with Crippen LogP contribution < -0.4 is 0 Å². The number of fused-ring (bicyclic) bond motifs is 3. The van der Waals surface area contributed by atoms with Crippen LogP contribution in [0.3, 0.4) is 0 Å². The van der Waals surface area contributed by atoms with Crippen LogP contribution in [0.4, 0.5) is 0 Å². The van der Waals surface area contributed by atoms with Crippen molar-refractivity contribution in [2.75, 3.05) is 13.2 Å². The molecule has 0 saturated carbocycles. The van der Waals surface area contributed by atoms with Gasteiger partial charge in [0.2, 0.25) is 0 Å². The van der Waals surface area contributed by atoms with Crippen LogP contribution in [0.5, 0.6) is 0 Å². The average molecular weight is 555 g/mol. The van der Waals surface area contributed by atoms with Crippen molar-refractivity contribution in [3.8, 4) is 0 Å². The van der Waals surface area contributed by atoms with E-state index >= 15 is 0 Å². The highest BCUT2D eigenvalue weighted by Gasteiger charge is 2.55. The fourth-order valence-electron chi connectivity index (χ4n) is 6.75. The van der Waals surface area contributed by atoms with Crippen LogP contribution >= 0.6 is 0 Å². The summed E-state index contributed by atoms with van der Waals surface area (Å²) in [6.07, 6.45) is 0.903. The first-order chi connectivity index (χ1) is 19.5. The maximum absolute atomic E-state index is 10.4. The quantitative estimate of drug-likeness (QED) is 0.512. The van der Waals surface area contributed by atoms with E-state index in [0.29, 0.717) is 39.1 Å². The first-order valence-corrected chi connectivity index (χ1v) is 14.7. The van der Waals surface area contributed by atoms with E-state index in [9.17, 15) is 10.2 Å². The van der Waals surface area contributed by atoms with Crippen LogP contribution in [-0.2, 0) is 41.6 Å².